The summed E-state index contributed by atoms with van der Waals surface area (Å²) in [4.78, 5) is 36.3. The van der Waals surface area contributed by atoms with E-state index < -0.39 is 6.10 Å². The quantitative estimate of drug-likeness (QED) is 0.174. The Labute approximate surface area is 281 Å². The lowest BCUT2D eigenvalue weighted by Crippen LogP contribution is -2.58. The van der Waals surface area contributed by atoms with Gasteiger partial charge < -0.3 is 30.2 Å². The third-order valence-electron chi connectivity index (χ3n) is 8.92. The first-order valence-corrected chi connectivity index (χ1v) is 17.8. The number of amides is 1. The van der Waals surface area contributed by atoms with Gasteiger partial charge in [-0.1, -0.05) is 55.0 Å². The van der Waals surface area contributed by atoms with E-state index in [0.29, 0.717) is 60.2 Å². The Kier molecular flexibility index (Phi) is 10.1. The minimum absolute atomic E-state index is 0.00231. The van der Waals surface area contributed by atoms with Crippen LogP contribution in [0.1, 0.15) is 70.9 Å². The molecule has 2 aromatic carbocycles. The van der Waals surface area contributed by atoms with E-state index in [-0.39, 0.29) is 22.1 Å². The highest BCUT2D eigenvalue weighted by Crippen LogP contribution is 2.33. The number of H-pyrrole nitrogens is 1. The first kappa shape index (κ1) is 33.1. The van der Waals surface area contributed by atoms with Crippen LogP contribution in [-0.4, -0.2) is 87.4 Å². The molecule has 1 spiro atoms. The average molecular weight is 686 g/mol. The zero-order valence-corrected chi connectivity index (χ0v) is 28.4. The number of hydrogen-bond acceptors (Lipinski definition) is 10. The van der Waals surface area contributed by atoms with Crippen LogP contribution in [0.4, 0.5) is 0 Å². The van der Waals surface area contributed by atoms with E-state index >= 15 is 0 Å². The predicted octanol–water partition coefficient (Wildman–Crippen LogP) is 4.90. The van der Waals surface area contributed by atoms with Gasteiger partial charge in [0.2, 0.25) is 0 Å². The van der Waals surface area contributed by atoms with Gasteiger partial charge in [-0.2, -0.15) is 0 Å². The highest BCUT2D eigenvalue weighted by molar-refractivity contribution is 7.16. The van der Waals surface area contributed by atoms with Crippen molar-refractivity contribution in [3.63, 3.8) is 0 Å². The number of piperidine rings is 1. The zero-order chi connectivity index (χ0) is 32.4. The molecule has 1 atom stereocenters. The van der Waals surface area contributed by atoms with Crippen molar-refractivity contribution in [3.05, 3.63) is 77.8 Å². The Morgan fingerprint density at radius 3 is 2.78 bits per heavy atom. The number of phenols is 1. The number of carbonyl (C=O) groups excluding carboxylic acids is 1. The van der Waals surface area contributed by atoms with Crippen molar-refractivity contribution in [3.8, 4) is 5.75 Å². The van der Waals surface area contributed by atoms with E-state index in [9.17, 15) is 19.8 Å². The van der Waals surface area contributed by atoms with E-state index in [1.165, 1.54) is 6.07 Å². The van der Waals surface area contributed by atoms with Crippen LogP contribution in [0.3, 0.4) is 0 Å². The van der Waals surface area contributed by atoms with Gasteiger partial charge >= 0.3 is 4.87 Å². The highest BCUT2D eigenvalue weighted by Gasteiger charge is 2.41. The molecule has 1 amide bonds. The Balaban J connectivity index is 0.990. The van der Waals surface area contributed by atoms with Crippen molar-refractivity contribution in [2.24, 2.45) is 0 Å². The second-order valence-corrected chi connectivity index (χ2v) is 14.8. The minimum Gasteiger partial charge on any atom is -0.506 e. The molecule has 246 valence electrons. The number of morpholine rings is 1. The molecule has 2 aromatic heterocycles. The number of thiazole rings is 2. The number of nitrogens with zero attached hydrogens (tertiary/aromatic N) is 3. The molecule has 1 unspecified atom stereocenters. The molecule has 2 fully saturated rings. The normalized spacial score (nSPS) is 17.7. The maximum atomic E-state index is 13.2. The zero-order valence-electron chi connectivity index (χ0n) is 26.1. The maximum Gasteiger partial charge on any atom is 0.305 e. The highest BCUT2D eigenvalue weighted by atomic mass is 35.5. The molecule has 0 saturated carbocycles. The average Bonchev–Trinajstić information content (AvgIpc) is 3.70. The lowest BCUT2D eigenvalue weighted by molar-refractivity contribution is -0.128. The summed E-state index contributed by atoms with van der Waals surface area (Å²) >= 11 is 9.16. The molecule has 2 aliphatic rings. The number of aromatic amines is 1. The van der Waals surface area contributed by atoms with Gasteiger partial charge in [-0.05, 0) is 49.1 Å². The molecule has 6 rings (SSSR count). The second kappa shape index (κ2) is 14.1. The fourth-order valence-corrected chi connectivity index (χ4v) is 8.19. The smallest absolute Gasteiger partial charge is 0.305 e. The molecule has 0 radical (unpaired) electrons. The van der Waals surface area contributed by atoms with Crippen LogP contribution in [0.15, 0.2) is 40.5 Å². The summed E-state index contributed by atoms with van der Waals surface area (Å²) in [6, 6.07) is 9.28. The summed E-state index contributed by atoms with van der Waals surface area (Å²) in [6.07, 6.45) is 1.64. The monoisotopic (exact) mass is 685 g/mol. The SMILES string of the molecule is CC(C)c1nc(C(=O)N2CCOC3(CCN(Cc4cc(CCNCC(O)c5ccc(O)c6[nH]c(=O)sc56)ccc4Cl)CC3)C2)cs1. The predicted molar refractivity (Wildman–Crippen MR) is 182 cm³/mol. The number of aliphatic hydroxyl groups is 1. The van der Waals surface area contributed by atoms with Crippen LogP contribution >= 0.6 is 34.3 Å². The van der Waals surface area contributed by atoms with Crippen molar-refractivity contribution in [2.75, 3.05) is 45.9 Å². The van der Waals surface area contributed by atoms with Crippen LogP contribution in [0, 0.1) is 0 Å². The van der Waals surface area contributed by atoms with Crippen molar-refractivity contribution in [2.45, 2.75) is 57.3 Å². The number of aromatic hydroxyl groups is 1. The molecule has 4 heterocycles. The number of halogens is 1. The topological polar surface area (TPSA) is 131 Å². The molecule has 13 heteroatoms. The van der Waals surface area contributed by atoms with Gasteiger partial charge in [-0.15, -0.1) is 11.3 Å². The van der Waals surface area contributed by atoms with E-state index in [1.54, 1.807) is 17.4 Å². The lowest BCUT2D eigenvalue weighted by atomic mass is 9.89. The number of phenolic OH excluding ortho intramolecular Hbond substituents is 1. The number of ether oxygens (including phenoxy) is 1. The van der Waals surface area contributed by atoms with Crippen LogP contribution in [0.5, 0.6) is 5.75 Å². The van der Waals surface area contributed by atoms with Crippen molar-refractivity contribution in [1.29, 1.82) is 0 Å². The Morgan fingerprint density at radius 2 is 2.02 bits per heavy atom. The Hall–Kier alpha value is -2.84. The fourth-order valence-electron chi connectivity index (χ4n) is 6.28. The molecule has 4 aromatic rings. The van der Waals surface area contributed by atoms with Gasteiger partial charge in [0.05, 0.1) is 34.6 Å². The number of rotatable bonds is 10. The Morgan fingerprint density at radius 1 is 1.22 bits per heavy atom. The van der Waals surface area contributed by atoms with Crippen LogP contribution in [0.2, 0.25) is 5.02 Å². The van der Waals surface area contributed by atoms with Gasteiger partial charge in [0, 0.05) is 54.6 Å². The van der Waals surface area contributed by atoms with Crippen LogP contribution in [0.25, 0.3) is 10.2 Å². The molecule has 46 heavy (non-hydrogen) atoms. The first-order chi connectivity index (χ1) is 22.1. The van der Waals surface area contributed by atoms with Gasteiger partial charge in [-0.25, -0.2) is 4.98 Å². The molecule has 0 bridgehead atoms. The molecular weight excluding hydrogens is 646 g/mol. The summed E-state index contributed by atoms with van der Waals surface area (Å²) in [5.74, 6) is 0.299. The summed E-state index contributed by atoms with van der Waals surface area (Å²) < 4.78 is 6.89. The molecular formula is C33H40ClN5O5S2. The van der Waals surface area contributed by atoms with Crippen molar-refractivity contribution in [1.82, 2.24) is 25.1 Å². The lowest BCUT2D eigenvalue weighted by Gasteiger charge is -2.47. The standard InChI is InChI=1S/C33H40ClN5O5S2/c1-20(2)30-36-25(18-45-30)31(42)39-13-14-44-33(19-39)8-11-38(12-9-33)17-22-15-21(3-5-24(22)34)7-10-35-16-27(41)23-4-6-26(40)28-29(23)46-32(43)37-28/h3-6,15,18,20,27,35,40-41H,7-14,16-17,19H2,1-2H3,(H,37,43). The Bertz CT molecular complexity index is 1750. The number of likely N-dealkylation sites (tertiary alicyclic amines) is 1. The summed E-state index contributed by atoms with van der Waals surface area (Å²) in [6.45, 7) is 9.33. The van der Waals surface area contributed by atoms with E-state index in [1.807, 2.05) is 22.4 Å². The maximum absolute atomic E-state index is 13.2. The third-order valence-corrected chi connectivity index (χ3v) is 11.4. The second-order valence-electron chi connectivity index (χ2n) is 12.5. The number of aromatic nitrogens is 2. The molecule has 10 nitrogen and oxygen atoms in total. The fraction of sp³-hybridized carbons (Fsp3) is 0.485. The molecule has 2 aliphatic heterocycles. The van der Waals surface area contributed by atoms with Crippen LogP contribution in [-0.2, 0) is 17.7 Å². The number of aliphatic hydroxyl groups excluding tert-OH is 1. The van der Waals surface area contributed by atoms with E-state index in [0.717, 1.165) is 71.4 Å². The first-order valence-electron chi connectivity index (χ1n) is 15.7. The van der Waals surface area contributed by atoms with Gasteiger partial charge in [0.25, 0.3) is 5.91 Å². The number of hydrogen-bond donors (Lipinski definition) is 4. The summed E-state index contributed by atoms with van der Waals surface area (Å²) in [7, 11) is 0. The minimum atomic E-state index is -0.818. The van der Waals surface area contributed by atoms with Gasteiger partial charge in [-0.3, -0.25) is 14.5 Å². The van der Waals surface area contributed by atoms with Crippen LogP contribution < -0.4 is 10.2 Å². The van der Waals surface area contributed by atoms with Gasteiger partial charge in [0.15, 0.2) is 0 Å². The molecule has 2 saturated heterocycles. The van der Waals surface area contributed by atoms with E-state index in [4.69, 9.17) is 16.3 Å². The number of fused-ring (bicyclic) bond motifs is 1. The summed E-state index contributed by atoms with van der Waals surface area (Å²) in [5, 5.41) is 27.7. The largest absolute Gasteiger partial charge is 0.506 e. The summed E-state index contributed by atoms with van der Waals surface area (Å²) in [5.41, 5.74) is 3.42. The van der Waals surface area contributed by atoms with Crippen molar-refractivity contribution < 1.29 is 19.7 Å². The van der Waals surface area contributed by atoms with E-state index in [2.05, 4.69) is 40.1 Å². The number of carbonyl (C=O) groups is 1. The third kappa shape index (κ3) is 7.33. The molecule has 4 N–H and O–H groups in total. The number of benzene rings is 2. The number of nitrogens with one attached hydrogen (secondary N) is 2. The van der Waals surface area contributed by atoms with Crippen molar-refractivity contribution >= 4 is 50.4 Å². The van der Waals surface area contributed by atoms with Gasteiger partial charge in [0.1, 0.15) is 17.0 Å². The molecule has 0 aliphatic carbocycles.